The van der Waals surface area contributed by atoms with Crippen LogP contribution in [0.2, 0.25) is 0 Å². The van der Waals surface area contributed by atoms with E-state index in [-0.39, 0.29) is 6.04 Å². The van der Waals surface area contributed by atoms with E-state index >= 15 is 0 Å². The Kier molecular flexibility index (Phi) is 4.68. The zero-order valence-corrected chi connectivity index (χ0v) is 11.2. The molecule has 1 aliphatic rings. The van der Waals surface area contributed by atoms with Gasteiger partial charge in [-0.25, -0.2) is 0 Å². The van der Waals surface area contributed by atoms with Crippen LogP contribution < -0.4 is 0 Å². The summed E-state index contributed by atoms with van der Waals surface area (Å²) in [5.74, 6) is -1.17. The molecular formula is C12H18N2O3S. The van der Waals surface area contributed by atoms with Crippen LogP contribution in [0.4, 0.5) is 0 Å². The molecule has 2 heterocycles. The van der Waals surface area contributed by atoms with Gasteiger partial charge in [-0.2, -0.15) is 0 Å². The lowest BCUT2D eigenvalue weighted by molar-refractivity contribution is -0.143. The first-order valence-electron chi connectivity index (χ1n) is 6.14. The first kappa shape index (κ1) is 13.5. The maximum Gasteiger partial charge on any atom is 0.310 e. The lowest BCUT2D eigenvalue weighted by atomic mass is 10.0. The Balaban J connectivity index is 2.06. The van der Waals surface area contributed by atoms with E-state index in [0.717, 1.165) is 19.5 Å². The molecule has 1 fully saturated rings. The molecule has 0 saturated carbocycles. The van der Waals surface area contributed by atoms with Crippen LogP contribution in [0.5, 0.6) is 0 Å². The molecule has 5 nitrogen and oxygen atoms in total. The molecule has 0 bridgehead atoms. The van der Waals surface area contributed by atoms with Crippen LogP contribution in [0.25, 0.3) is 0 Å². The van der Waals surface area contributed by atoms with Crippen LogP contribution >= 0.6 is 11.3 Å². The molecule has 1 aromatic heterocycles. The molecule has 2 rings (SSSR count). The van der Waals surface area contributed by atoms with Crippen molar-refractivity contribution in [2.75, 3.05) is 19.8 Å². The average Bonchev–Trinajstić information content (AvgIpc) is 2.99. The van der Waals surface area contributed by atoms with E-state index in [9.17, 15) is 9.90 Å². The number of thiazole rings is 1. The fourth-order valence-electron chi connectivity index (χ4n) is 2.31. The number of aliphatic carboxylic acids is 1. The van der Waals surface area contributed by atoms with Crippen molar-refractivity contribution in [3.05, 3.63) is 16.6 Å². The first-order chi connectivity index (χ1) is 8.72. The van der Waals surface area contributed by atoms with E-state index in [0.29, 0.717) is 13.2 Å². The molecule has 6 heteroatoms. The third-order valence-corrected chi connectivity index (χ3v) is 3.95. The third-order valence-electron chi connectivity index (χ3n) is 3.19. The molecule has 0 amide bonds. The molecule has 18 heavy (non-hydrogen) atoms. The van der Waals surface area contributed by atoms with Gasteiger partial charge in [-0.15, -0.1) is 11.3 Å². The number of hydrogen-bond donors (Lipinski definition) is 1. The summed E-state index contributed by atoms with van der Waals surface area (Å²) in [5.41, 5.74) is 1.80. The van der Waals surface area contributed by atoms with Gasteiger partial charge in [0.1, 0.15) is 0 Å². The summed E-state index contributed by atoms with van der Waals surface area (Å²) in [7, 11) is 0. The highest BCUT2D eigenvalue weighted by Crippen LogP contribution is 2.23. The van der Waals surface area contributed by atoms with E-state index < -0.39 is 11.9 Å². The summed E-state index contributed by atoms with van der Waals surface area (Å²) in [4.78, 5) is 18.6. The zero-order valence-electron chi connectivity index (χ0n) is 10.4. The van der Waals surface area contributed by atoms with Crippen LogP contribution in [0.3, 0.4) is 0 Å². The molecule has 2 atom stereocenters. The number of carboxylic acid groups (broad SMARTS) is 1. The van der Waals surface area contributed by atoms with Gasteiger partial charge in [-0.1, -0.05) is 6.92 Å². The normalized spacial score (nSPS) is 23.7. The fourth-order valence-corrected chi connectivity index (χ4v) is 2.93. The highest BCUT2D eigenvalue weighted by Gasteiger charge is 2.37. The number of nitrogens with zero attached hydrogens (tertiary/aromatic N) is 2. The molecule has 0 spiro atoms. The molecule has 0 radical (unpaired) electrons. The van der Waals surface area contributed by atoms with Crippen molar-refractivity contribution in [3.63, 3.8) is 0 Å². The predicted molar refractivity (Wildman–Crippen MR) is 68.5 cm³/mol. The standard InChI is InChI=1S/C12H18N2O3S/c1-2-3-14(5-9-4-13-8-18-9)11-7-17-6-10(11)12(15)16/h4,8,10-11H,2-3,5-7H2,1H3,(H,15,16). The highest BCUT2D eigenvalue weighted by atomic mass is 32.1. The topological polar surface area (TPSA) is 62.7 Å². The van der Waals surface area contributed by atoms with Gasteiger partial charge in [-0.05, 0) is 13.0 Å². The van der Waals surface area contributed by atoms with Crippen molar-refractivity contribution < 1.29 is 14.6 Å². The quantitative estimate of drug-likeness (QED) is 0.848. The monoisotopic (exact) mass is 270 g/mol. The van der Waals surface area contributed by atoms with Gasteiger partial charge < -0.3 is 9.84 Å². The van der Waals surface area contributed by atoms with Crippen molar-refractivity contribution in [1.29, 1.82) is 0 Å². The summed E-state index contributed by atoms with van der Waals surface area (Å²) in [6.45, 7) is 4.58. The largest absolute Gasteiger partial charge is 0.481 e. The number of ether oxygens (including phenoxy) is 1. The third kappa shape index (κ3) is 3.07. The van der Waals surface area contributed by atoms with Gasteiger partial charge in [0.2, 0.25) is 0 Å². The zero-order chi connectivity index (χ0) is 13.0. The Morgan fingerprint density at radius 2 is 2.50 bits per heavy atom. The first-order valence-corrected chi connectivity index (χ1v) is 7.02. The maximum atomic E-state index is 11.2. The van der Waals surface area contributed by atoms with Gasteiger partial charge in [0.15, 0.2) is 0 Å². The summed E-state index contributed by atoms with van der Waals surface area (Å²) in [6, 6.07) is -0.0236. The summed E-state index contributed by atoms with van der Waals surface area (Å²) < 4.78 is 5.34. The van der Waals surface area contributed by atoms with Crippen LogP contribution in [0.1, 0.15) is 18.2 Å². The van der Waals surface area contributed by atoms with Gasteiger partial charge in [-0.3, -0.25) is 14.7 Å². The summed E-state index contributed by atoms with van der Waals surface area (Å²) >= 11 is 1.60. The minimum Gasteiger partial charge on any atom is -0.481 e. The Morgan fingerprint density at radius 1 is 1.67 bits per heavy atom. The minimum absolute atomic E-state index is 0.0236. The molecule has 100 valence electrons. The van der Waals surface area contributed by atoms with Crippen molar-refractivity contribution in [3.8, 4) is 0 Å². The Bertz CT molecular complexity index is 383. The number of aromatic nitrogens is 1. The molecule has 0 aliphatic carbocycles. The van der Waals surface area contributed by atoms with Crippen LogP contribution in [0.15, 0.2) is 11.7 Å². The van der Waals surface area contributed by atoms with Crippen LogP contribution in [-0.4, -0.2) is 46.8 Å². The minimum atomic E-state index is -0.761. The molecule has 1 aliphatic heterocycles. The van der Waals surface area contributed by atoms with Crippen molar-refractivity contribution in [1.82, 2.24) is 9.88 Å². The van der Waals surface area contributed by atoms with Crippen LogP contribution in [0, 0.1) is 5.92 Å². The number of hydrogen-bond acceptors (Lipinski definition) is 5. The Hall–Kier alpha value is -0.980. The molecule has 1 saturated heterocycles. The molecule has 1 aromatic rings. The van der Waals surface area contributed by atoms with Gasteiger partial charge in [0.05, 0.1) is 24.6 Å². The maximum absolute atomic E-state index is 11.2. The SMILES string of the molecule is CCCN(Cc1cncs1)C1COCC1C(=O)O. The molecule has 0 aromatic carbocycles. The lowest BCUT2D eigenvalue weighted by Gasteiger charge is -2.29. The lowest BCUT2D eigenvalue weighted by Crippen LogP contribution is -2.43. The van der Waals surface area contributed by atoms with E-state index in [1.54, 1.807) is 16.8 Å². The Morgan fingerprint density at radius 3 is 3.11 bits per heavy atom. The van der Waals surface area contributed by atoms with Gasteiger partial charge in [0.25, 0.3) is 0 Å². The fraction of sp³-hybridized carbons (Fsp3) is 0.667. The number of carboxylic acids is 1. The second-order valence-electron chi connectivity index (χ2n) is 4.49. The summed E-state index contributed by atoms with van der Waals surface area (Å²) in [6.07, 6.45) is 2.85. The van der Waals surface area contributed by atoms with Crippen molar-refractivity contribution >= 4 is 17.3 Å². The van der Waals surface area contributed by atoms with Gasteiger partial charge in [0, 0.05) is 23.7 Å². The second kappa shape index (κ2) is 6.26. The van der Waals surface area contributed by atoms with E-state index in [2.05, 4.69) is 16.8 Å². The smallest absolute Gasteiger partial charge is 0.310 e. The van der Waals surface area contributed by atoms with Gasteiger partial charge >= 0.3 is 5.97 Å². The predicted octanol–water partition coefficient (Wildman–Crippen LogP) is 1.45. The van der Waals surface area contributed by atoms with Crippen LogP contribution in [-0.2, 0) is 16.1 Å². The molecule has 1 N–H and O–H groups in total. The molecular weight excluding hydrogens is 252 g/mol. The van der Waals surface area contributed by atoms with E-state index in [1.165, 1.54) is 4.88 Å². The van der Waals surface area contributed by atoms with Crippen molar-refractivity contribution in [2.45, 2.75) is 25.9 Å². The average molecular weight is 270 g/mol. The number of rotatable bonds is 6. The second-order valence-corrected chi connectivity index (χ2v) is 5.46. The molecule has 2 unspecified atom stereocenters. The summed E-state index contributed by atoms with van der Waals surface area (Å²) in [5, 5.41) is 9.21. The Labute approximate surface area is 110 Å². The highest BCUT2D eigenvalue weighted by molar-refractivity contribution is 7.09. The van der Waals surface area contributed by atoms with E-state index in [4.69, 9.17) is 4.74 Å². The van der Waals surface area contributed by atoms with Crippen molar-refractivity contribution in [2.24, 2.45) is 5.92 Å². The van der Waals surface area contributed by atoms with E-state index in [1.807, 2.05) is 6.20 Å². The number of carbonyl (C=O) groups is 1.